The van der Waals surface area contributed by atoms with Crippen LogP contribution in [0.15, 0.2) is 30.3 Å². The van der Waals surface area contributed by atoms with E-state index in [0.717, 1.165) is 25.0 Å². The van der Waals surface area contributed by atoms with E-state index in [9.17, 15) is 0 Å². The Balaban J connectivity index is 1.26. The van der Waals surface area contributed by atoms with Gasteiger partial charge >= 0.3 is 0 Å². The summed E-state index contributed by atoms with van der Waals surface area (Å²) < 4.78 is 11.1. The lowest BCUT2D eigenvalue weighted by molar-refractivity contribution is 0.0882. The van der Waals surface area contributed by atoms with Crippen LogP contribution in [-0.2, 0) is 15.9 Å². The van der Waals surface area contributed by atoms with Crippen molar-refractivity contribution < 1.29 is 9.47 Å². The van der Waals surface area contributed by atoms with Gasteiger partial charge in [0.25, 0.3) is 0 Å². The molecule has 4 atom stereocenters. The van der Waals surface area contributed by atoms with Crippen LogP contribution in [0.1, 0.15) is 24.8 Å². The number of aryl methyl sites for hydroxylation is 1. The fraction of sp³-hybridized carbons (Fsp3) is 0.647. The van der Waals surface area contributed by atoms with Crippen molar-refractivity contribution in [1.29, 1.82) is 0 Å². The van der Waals surface area contributed by atoms with Gasteiger partial charge in [-0.3, -0.25) is 0 Å². The molecule has 0 bridgehead atoms. The van der Waals surface area contributed by atoms with Crippen molar-refractivity contribution in [2.75, 3.05) is 20.3 Å². The summed E-state index contributed by atoms with van der Waals surface area (Å²) in [4.78, 5) is 0. The van der Waals surface area contributed by atoms with Crippen LogP contribution in [0.2, 0.25) is 0 Å². The van der Waals surface area contributed by atoms with Gasteiger partial charge in [-0.25, -0.2) is 0 Å². The third-order valence-corrected chi connectivity index (χ3v) is 4.54. The van der Waals surface area contributed by atoms with Crippen LogP contribution in [0, 0.1) is 17.8 Å². The molecule has 3 rings (SSSR count). The zero-order valence-electron chi connectivity index (χ0n) is 11.8. The van der Waals surface area contributed by atoms with Crippen LogP contribution in [0.25, 0.3) is 0 Å². The fourth-order valence-corrected chi connectivity index (χ4v) is 2.92. The molecule has 0 N–H and O–H groups in total. The highest BCUT2D eigenvalue weighted by atomic mass is 16.5. The number of methoxy groups -OCH3 is 1. The van der Waals surface area contributed by atoms with Gasteiger partial charge in [-0.05, 0) is 43.1 Å². The molecule has 2 saturated carbocycles. The molecule has 0 radical (unpaired) electrons. The van der Waals surface area contributed by atoms with Crippen molar-refractivity contribution in [3.63, 3.8) is 0 Å². The van der Waals surface area contributed by atoms with Gasteiger partial charge in [0.15, 0.2) is 0 Å². The first kappa shape index (κ1) is 13.1. The molecule has 2 heteroatoms. The minimum absolute atomic E-state index is 0.480. The Morgan fingerprint density at radius 3 is 2.53 bits per heavy atom. The number of hydrogen-bond donors (Lipinski definition) is 0. The van der Waals surface area contributed by atoms with Crippen LogP contribution in [0.5, 0.6) is 0 Å². The second-order valence-corrected chi connectivity index (χ2v) is 6.09. The van der Waals surface area contributed by atoms with E-state index in [1.54, 1.807) is 7.11 Å². The van der Waals surface area contributed by atoms with E-state index in [0.29, 0.717) is 12.0 Å². The molecule has 0 spiro atoms. The second-order valence-electron chi connectivity index (χ2n) is 6.09. The smallest absolute Gasteiger partial charge is 0.0626 e. The van der Waals surface area contributed by atoms with Crippen molar-refractivity contribution in [2.24, 2.45) is 17.8 Å². The molecule has 0 aliphatic heterocycles. The molecule has 1 aromatic rings. The average Bonchev–Trinajstić information content (AvgIpc) is 3.34. The van der Waals surface area contributed by atoms with E-state index in [2.05, 4.69) is 30.3 Å². The van der Waals surface area contributed by atoms with Crippen molar-refractivity contribution >= 4 is 0 Å². The Morgan fingerprint density at radius 2 is 1.79 bits per heavy atom. The second kappa shape index (κ2) is 6.06. The van der Waals surface area contributed by atoms with Gasteiger partial charge in [0, 0.05) is 19.6 Å². The SMILES string of the molecule is COC1CC1COCC1CC1CCc1ccccc1. The van der Waals surface area contributed by atoms with Gasteiger partial charge < -0.3 is 9.47 Å². The van der Waals surface area contributed by atoms with Crippen LogP contribution < -0.4 is 0 Å². The maximum atomic E-state index is 5.82. The molecule has 0 aromatic heterocycles. The van der Waals surface area contributed by atoms with E-state index in [-0.39, 0.29) is 0 Å². The zero-order chi connectivity index (χ0) is 13.1. The summed E-state index contributed by atoms with van der Waals surface area (Å²) in [5, 5.41) is 0. The lowest BCUT2D eigenvalue weighted by atomic mass is 10.1. The summed E-state index contributed by atoms with van der Waals surface area (Å²) in [7, 11) is 1.80. The van der Waals surface area contributed by atoms with Gasteiger partial charge in [0.05, 0.1) is 12.7 Å². The first-order valence-corrected chi connectivity index (χ1v) is 7.51. The van der Waals surface area contributed by atoms with Gasteiger partial charge in [-0.2, -0.15) is 0 Å². The highest BCUT2D eigenvalue weighted by molar-refractivity contribution is 5.15. The number of rotatable bonds is 8. The molecule has 2 nitrogen and oxygen atoms in total. The predicted molar refractivity (Wildman–Crippen MR) is 76.1 cm³/mol. The van der Waals surface area contributed by atoms with Gasteiger partial charge in [-0.15, -0.1) is 0 Å². The van der Waals surface area contributed by atoms with Crippen LogP contribution in [-0.4, -0.2) is 26.4 Å². The van der Waals surface area contributed by atoms with Crippen LogP contribution >= 0.6 is 0 Å². The molecule has 0 amide bonds. The molecule has 2 aliphatic carbocycles. The van der Waals surface area contributed by atoms with Gasteiger partial charge in [0.2, 0.25) is 0 Å². The Kier molecular flexibility index (Phi) is 4.19. The van der Waals surface area contributed by atoms with E-state index >= 15 is 0 Å². The first-order chi connectivity index (χ1) is 9.36. The molecule has 0 saturated heterocycles. The highest BCUT2D eigenvalue weighted by Gasteiger charge is 2.39. The molecule has 0 heterocycles. The monoisotopic (exact) mass is 260 g/mol. The molecule has 1 aromatic carbocycles. The summed E-state index contributed by atoms with van der Waals surface area (Å²) in [6.07, 6.45) is 5.58. The standard InChI is InChI=1S/C17H24O2/c1-18-17-10-16(17)12-19-11-15-9-14(15)8-7-13-5-3-2-4-6-13/h2-6,14-17H,7-12H2,1H3. The third-order valence-electron chi connectivity index (χ3n) is 4.54. The largest absolute Gasteiger partial charge is 0.381 e. The number of hydrogen-bond acceptors (Lipinski definition) is 2. The van der Waals surface area contributed by atoms with Gasteiger partial charge in [-0.1, -0.05) is 30.3 Å². The number of benzene rings is 1. The highest BCUT2D eigenvalue weighted by Crippen LogP contribution is 2.42. The quantitative estimate of drug-likeness (QED) is 0.714. The minimum Gasteiger partial charge on any atom is -0.381 e. The maximum absolute atomic E-state index is 5.82. The Hall–Kier alpha value is -0.860. The van der Waals surface area contributed by atoms with Crippen LogP contribution in [0.4, 0.5) is 0 Å². The lowest BCUT2D eigenvalue weighted by Gasteiger charge is -2.04. The van der Waals surface area contributed by atoms with Crippen molar-refractivity contribution in [3.8, 4) is 0 Å². The van der Waals surface area contributed by atoms with Crippen molar-refractivity contribution in [1.82, 2.24) is 0 Å². The third kappa shape index (κ3) is 3.80. The van der Waals surface area contributed by atoms with Gasteiger partial charge in [0.1, 0.15) is 0 Å². The predicted octanol–water partition coefficient (Wildman–Crippen LogP) is 3.31. The minimum atomic E-state index is 0.480. The Morgan fingerprint density at radius 1 is 1.00 bits per heavy atom. The normalized spacial score (nSPS) is 32.3. The van der Waals surface area contributed by atoms with Crippen molar-refractivity contribution in [3.05, 3.63) is 35.9 Å². The molecule has 2 aliphatic rings. The summed E-state index contributed by atoms with van der Waals surface area (Å²) in [5.41, 5.74) is 1.47. The lowest BCUT2D eigenvalue weighted by Crippen LogP contribution is -2.04. The Labute approximate surface area is 116 Å². The van der Waals surface area contributed by atoms with E-state index in [1.807, 2.05) is 0 Å². The maximum Gasteiger partial charge on any atom is 0.0626 e. The summed E-state index contributed by atoms with van der Waals surface area (Å²) >= 11 is 0. The number of ether oxygens (including phenoxy) is 2. The van der Waals surface area contributed by atoms with E-state index in [4.69, 9.17) is 9.47 Å². The summed E-state index contributed by atoms with van der Waals surface area (Å²) in [6, 6.07) is 10.8. The average molecular weight is 260 g/mol. The van der Waals surface area contributed by atoms with Crippen LogP contribution in [0.3, 0.4) is 0 Å². The molecular weight excluding hydrogens is 236 g/mol. The molecular formula is C17H24O2. The molecule has 2 fully saturated rings. The molecule has 4 unspecified atom stereocenters. The topological polar surface area (TPSA) is 18.5 Å². The molecule has 19 heavy (non-hydrogen) atoms. The zero-order valence-corrected chi connectivity index (χ0v) is 11.8. The van der Waals surface area contributed by atoms with E-state index in [1.165, 1.54) is 31.2 Å². The van der Waals surface area contributed by atoms with Crippen molar-refractivity contribution in [2.45, 2.75) is 31.8 Å². The van der Waals surface area contributed by atoms with E-state index < -0.39 is 0 Å². The Bertz CT molecular complexity index is 390. The first-order valence-electron chi connectivity index (χ1n) is 7.51. The summed E-state index contributed by atoms with van der Waals surface area (Å²) in [5.74, 6) is 2.40. The molecule has 104 valence electrons. The summed E-state index contributed by atoms with van der Waals surface area (Å²) in [6.45, 7) is 1.87. The fourth-order valence-electron chi connectivity index (χ4n) is 2.92.